The van der Waals surface area contributed by atoms with Crippen molar-refractivity contribution in [1.82, 2.24) is 0 Å². The Bertz CT molecular complexity index is 953. The van der Waals surface area contributed by atoms with Crippen molar-refractivity contribution in [2.24, 2.45) is 0 Å². The fourth-order valence-electron chi connectivity index (χ4n) is 1.90. The Balaban J connectivity index is 0.000000241. The average Bonchev–Trinajstić information content (AvgIpc) is 2.70. The van der Waals surface area contributed by atoms with Gasteiger partial charge in [-0.15, -0.1) is 0 Å². The summed E-state index contributed by atoms with van der Waals surface area (Å²) in [5.74, 6) is -7.38. The first-order valence-electron chi connectivity index (χ1n) is 8.17. The van der Waals surface area contributed by atoms with Gasteiger partial charge >= 0.3 is 43.6 Å². The van der Waals surface area contributed by atoms with Crippen molar-refractivity contribution < 1.29 is 50.4 Å². The summed E-state index contributed by atoms with van der Waals surface area (Å²) in [5.41, 5.74) is 0.0214. The van der Waals surface area contributed by atoms with Crippen LogP contribution in [0.1, 0.15) is 20.7 Å². The van der Waals surface area contributed by atoms with Gasteiger partial charge in [-0.1, -0.05) is 0 Å². The van der Waals surface area contributed by atoms with Crippen LogP contribution in [-0.2, 0) is 0 Å². The molecule has 0 fully saturated rings. The number of phenols is 6. The Morgan fingerprint density at radius 2 is 0.903 bits per heavy atom. The number of hydrogen-bond acceptors (Lipinski definition) is 10. The van der Waals surface area contributed by atoms with E-state index < -0.39 is 57.6 Å². The van der Waals surface area contributed by atoms with E-state index in [1.54, 1.807) is 0 Å². The number of hydrogen-bond donors (Lipinski definition) is 6. The van der Waals surface area contributed by atoms with Crippen LogP contribution < -0.4 is 15.7 Å². The molecule has 158 valence electrons. The van der Waals surface area contributed by atoms with E-state index in [0.29, 0.717) is 0 Å². The van der Waals surface area contributed by atoms with E-state index in [-0.39, 0.29) is 0 Å². The summed E-state index contributed by atoms with van der Waals surface area (Å²) < 4.78 is 0. The van der Waals surface area contributed by atoms with Gasteiger partial charge in [-0.05, 0) is 24.3 Å². The SMILES string of the molecule is O=C([O-])c1cc(O)c(O)c(O)c1.O=C([O-])c1cc(O)c(O)c(O)c1.[B+2]c1ccccc1. The van der Waals surface area contributed by atoms with Crippen molar-refractivity contribution in [2.75, 3.05) is 0 Å². The fourth-order valence-corrected chi connectivity index (χ4v) is 1.90. The first-order valence-corrected chi connectivity index (χ1v) is 8.17. The van der Waals surface area contributed by atoms with Crippen molar-refractivity contribution in [2.45, 2.75) is 0 Å². The molecule has 0 aliphatic heterocycles. The molecule has 10 nitrogen and oxygen atoms in total. The van der Waals surface area contributed by atoms with Gasteiger partial charge < -0.3 is 50.4 Å². The van der Waals surface area contributed by atoms with E-state index in [1.165, 1.54) is 0 Å². The molecule has 0 unspecified atom stereocenters. The van der Waals surface area contributed by atoms with Crippen molar-refractivity contribution in [3.8, 4) is 34.5 Å². The Morgan fingerprint density at radius 3 is 1.10 bits per heavy atom. The molecule has 0 spiro atoms. The normalized spacial score (nSPS) is 9.48. The quantitative estimate of drug-likeness (QED) is 0.214. The molecular weight excluding hydrogens is 411 g/mol. The molecule has 0 bridgehead atoms. The monoisotopic (exact) mass is 426 g/mol. The van der Waals surface area contributed by atoms with Crippen molar-refractivity contribution >= 4 is 25.2 Å². The van der Waals surface area contributed by atoms with Crippen LogP contribution in [0.3, 0.4) is 0 Å². The van der Waals surface area contributed by atoms with E-state index in [0.717, 1.165) is 29.7 Å². The first-order chi connectivity index (χ1) is 14.4. The Hall–Kier alpha value is -4.54. The zero-order chi connectivity index (χ0) is 23.7. The Kier molecular flexibility index (Phi) is 8.58. The van der Waals surface area contributed by atoms with Crippen LogP contribution in [0.25, 0.3) is 0 Å². The summed E-state index contributed by atoms with van der Waals surface area (Å²) in [5, 5.41) is 73.3. The fraction of sp³-hybridized carbons (Fsp3) is 0. The second-order valence-corrected chi connectivity index (χ2v) is 5.71. The molecule has 3 aromatic rings. The van der Waals surface area contributed by atoms with Gasteiger partial charge in [-0.25, -0.2) is 0 Å². The molecule has 0 heterocycles. The van der Waals surface area contributed by atoms with Gasteiger partial charge in [0, 0.05) is 11.1 Å². The van der Waals surface area contributed by atoms with Crippen LogP contribution in [0.15, 0.2) is 54.6 Å². The molecule has 0 saturated carbocycles. The van der Waals surface area contributed by atoms with Crippen LogP contribution >= 0.6 is 0 Å². The summed E-state index contributed by atoms with van der Waals surface area (Å²) in [6, 6.07) is 12.6. The zero-order valence-electron chi connectivity index (χ0n) is 15.6. The molecule has 11 heteroatoms. The van der Waals surface area contributed by atoms with Crippen LogP contribution in [0, 0.1) is 0 Å². The van der Waals surface area contributed by atoms with E-state index in [4.69, 9.17) is 38.5 Å². The third-order valence-electron chi connectivity index (χ3n) is 3.41. The summed E-state index contributed by atoms with van der Waals surface area (Å²) in [6.07, 6.45) is 0. The molecule has 3 rings (SSSR count). The van der Waals surface area contributed by atoms with E-state index in [9.17, 15) is 19.8 Å². The molecule has 6 N–H and O–H groups in total. The molecular formula is C20H15BO10. The number of benzene rings is 3. The predicted molar refractivity (Wildman–Crippen MR) is 103 cm³/mol. The van der Waals surface area contributed by atoms with E-state index in [1.807, 2.05) is 30.3 Å². The third kappa shape index (κ3) is 7.42. The van der Waals surface area contributed by atoms with Gasteiger partial charge in [0.25, 0.3) is 0 Å². The summed E-state index contributed by atoms with van der Waals surface area (Å²) in [4.78, 5) is 20.4. The minimum atomic E-state index is -1.54. The number of aromatic hydroxyl groups is 6. The number of rotatable bonds is 2. The second kappa shape index (κ2) is 10.9. The van der Waals surface area contributed by atoms with Crippen LogP contribution in [0.4, 0.5) is 0 Å². The summed E-state index contributed by atoms with van der Waals surface area (Å²) in [6.45, 7) is 0. The van der Waals surface area contributed by atoms with Crippen LogP contribution in [-0.4, -0.2) is 50.4 Å². The molecule has 0 atom stereocenters. The predicted octanol–water partition coefficient (Wildman–Crippen LogP) is -1.19. The van der Waals surface area contributed by atoms with Crippen LogP contribution in [0.2, 0.25) is 0 Å². The molecule has 0 aliphatic rings. The van der Waals surface area contributed by atoms with Gasteiger partial charge in [0.1, 0.15) is 0 Å². The number of carbonyl (C=O) groups is 2. The molecule has 0 aromatic heterocycles. The maximum atomic E-state index is 10.2. The van der Waals surface area contributed by atoms with Crippen molar-refractivity contribution in [3.63, 3.8) is 0 Å². The van der Waals surface area contributed by atoms with E-state index >= 15 is 0 Å². The number of carboxylic acid groups (broad SMARTS) is 2. The van der Waals surface area contributed by atoms with Crippen molar-refractivity contribution in [3.05, 3.63) is 65.7 Å². The van der Waals surface area contributed by atoms with Gasteiger partial charge in [-0.3, -0.25) is 0 Å². The van der Waals surface area contributed by atoms with Gasteiger partial charge in [0.15, 0.2) is 34.5 Å². The maximum absolute atomic E-state index is 10.2. The van der Waals surface area contributed by atoms with Gasteiger partial charge in [0.05, 0.1) is 11.9 Å². The molecule has 0 saturated heterocycles. The standard InChI is InChI=1S/2C7H6O5.C6H5B/c2*8-4-1-3(7(11)12)2-5(9)6(4)10;7-6-4-2-1-3-5-6/h2*1-2,8-10H,(H,11,12);1-5H/q;;+2/p-2. The average molecular weight is 426 g/mol. The first kappa shape index (κ1) is 24.5. The topological polar surface area (TPSA) is 202 Å². The van der Waals surface area contributed by atoms with Crippen LogP contribution in [0.5, 0.6) is 34.5 Å². The Morgan fingerprint density at radius 1 is 0.613 bits per heavy atom. The third-order valence-corrected chi connectivity index (χ3v) is 3.41. The summed E-state index contributed by atoms with van der Waals surface area (Å²) >= 11 is 0. The molecule has 31 heavy (non-hydrogen) atoms. The minimum absolute atomic E-state index is 0.400. The molecule has 3 aromatic carbocycles. The molecule has 0 radical (unpaired) electrons. The van der Waals surface area contributed by atoms with Crippen molar-refractivity contribution in [1.29, 1.82) is 0 Å². The number of carbonyl (C=O) groups excluding carboxylic acids is 2. The van der Waals surface area contributed by atoms with Gasteiger partial charge in [-0.2, -0.15) is 0 Å². The van der Waals surface area contributed by atoms with E-state index in [2.05, 4.69) is 0 Å². The number of phenolic OH excluding ortho intramolecular Hbond substituents is 6. The molecule has 0 aliphatic carbocycles. The molecule has 0 amide bonds. The van der Waals surface area contributed by atoms with Gasteiger partial charge in [0.2, 0.25) is 0 Å². The zero-order valence-corrected chi connectivity index (χ0v) is 15.6. The second-order valence-electron chi connectivity index (χ2n) is 5.71. The number of carboxylic acids is 2. The Labute approximate surface area is 176 Å². The number of aromatic carboxylic acids is 2. The summed E-state index contributed by atoms with van der Waals surface area (Å²) in [7, 11) is 5.36.